The first-order chi connectivity index (χ1) is 11.5. The molecule has 0 aliphatic rings. The highest BCUT2D eigenvalue weighted by Gasteiger charge is 2.12. The van der Waals surface area contributed by atoms with Crippen LogP contribution in [0.5, 0.6) is 0 Å². The van der Waals surface area contributed by atoms with Crippen molar-refractivity contribution in [1.82, 2.24) is 0 Å². The quantitative estimate of drug-likeness (QED) is 0.393. The molecule has 0 atom stereocenters. The summed E-state index contributed by atoms with van der Waals surface area (Å²) in [6.45, 7) is 0. The third-order valence-corrected chi connectivity index (χ3v) is 6.80. The van der Waals surface area contributed by atoms with E-state index in [4.69, 9.17) is 0 Å². The summed E-state index contributed by atoms with van der Waals surface area (Å²) in [6, 6.07) is 15.8. The number of non-ortho nitro benzene ring substituents is 1. The number of hydrogen-bond donors (Lipinski definition) is 0. The van der Waals surface area contributed by atoms with Crippen molar-refractivity contribution in [2.45, 2.75) is 4.90 Å². The molecule has 3 aromatic rings. The number of rotatable bonds is 4. The Bertz CT molecular complexity index is 1040. The van der Waals surface area contributed by atoms with Crippen LogP contribution < -0.4 is 4.67 Å². The molecule has 0 fully saturated rings. The molecule has 0 N–H and O–H groups in total. The highest BCUT2D eigenvalue weighted by molar-refractivity contribution is 7.90. The Morgan fingerprint density at radius 1 is 0.958 bits per heavy atom. The van der Waals surface area contributed by atoms with Gasteiger partial charge in [-0.05, 0) is 35.9 Å². The topological polar surface area (TPSA) is 89.6 Å². The van der Waals surface area contributed by atoms with Gasteiger partial charge >= 0.3 is 0 Å². The summed E-state index contributed by atoms with van der Waals surface area (Å²) < 4.78 is 28.7. The highest BCUT2D eigenvalue weighted by Crippen LogP contribution is 2.27. The fraction of sp³-hybridized carbons (Fsp3) is 0. The fourth-order valence-electron chi connectivity index (χ4n) is 1.93. The van der Waals surface area contributed by atoms with Gasteiger partial charge in [0.05, 0.1) is 9.82 Å². The summed E-state index contributed by atoms with van der Waals surface area (Å²) >= 11 is 0. The molecule has 0 aliphatic heterocycles. The van der Waals surface area contributed by atoms with Crippen molar-refractivity contribution >= 4 is 36.4 Å². The second-order valence-electron chi connectivity index (χ2n) is 4.70. The summed E-state index contributed by atoms with van der Waals surface area (Å²) in [5, 5.41) is 10.7. The van der Waals surface area contributed by atoms with E-state index < -0.39 is 14.9 Å². The van der Waals surface area contributed by atoms with Crippen LogP contribution in [0.25, 0.3) is 10.4 Å². The van der Waals surface area contributed by atoms with E-state index >= 15 is 0 Å². The minimum atomic E-state index is -3.75. The maximum Gasteiger partial charge on any atom is 0.283 e. The molecule has 122 valence electrons. The third-order valence-electron chi connectivity index (χ3n) is 3.09. The van der Waals surface area contributed by atoms with Crippen LogP contribution >= 0.6 is 20.7 Å². The van der Waals surface area contributed by atoms with Crippen LogP contribution in [-0.4, -0.2) is 13.3 Å². The molecule has 0 radical (unpaired) electrons. The van der Waals surface area contributed by atoms with Crippen molar-refractivity contribution in [2.75, 3.05) is 0 Å². The van der Waals surface area contributed by atoms with Gasteiger partial charge in [-0.3, -0.25) is 10.1 Å². The van der Waals surface area contributed by atoms with Gasteiger partial charge in [-0.1, -0.05) is 38.9 Å². The van der Waals surface area contributed by atoms with E-state index in [9.17, 15) is 18.5 Å². The highest BCUT2D eigenvalue weighted by atomic mass is 32.9. The van der Waals surface area contributed by atoms with Crippen LogP contribution in [0.15, 0.2) is 70.0 Å². The van der Waals surface area contributed by atoms with Gasteiger partial charge in [0.25, 0.3) is 15.7 Å². The average Bonchev–Trinajstić information content (AvgIpc) is 3.03. The molecule has 0 aliphatic carbocycles. The van der Waals surface area contributed by atoms with E-state index in [1.165, 1.54) is 44.9 Å². The van der Waals surface area contributed by atoms with Crippen LogP contribution in [0, 0.1) is 10.1 Å². The summed E-state index contributed by atoms with van der Waals surface area (Å²) in [5.41, 5.74) is 0.788. The van der Waals surface area contributed by atoms with Crippen LogP contribution in [0.1, 0.15) is 0 Å². The van der Waals surface area contributed by atoms with Gasteiger partial charge in [0.2, 0.25) is 0 Å². The number of hydrogen-bond acceptors (Lipinski definition) is 6. The molecule has 0 unspecified atom stereocenters. The predicted octanol–water partition coefficient (Wildman–Crippen LogP) is 3.67. The van der Waals surface area contributed by atoms with Crippen LogP contribution in [0.2, 0.25) is 0 Å². The van der Waals surface area contributed by atoms with Crippen LogP contribution in [0.3, 0.4) is 0 Å². The van der Waals surface area contributed by atoms with Gasteiger partial charge in [-0.25, -0.2) is 0 Å². The zero-order chi connectivity index (χ0) is 17.2. The first kappa shape index (κ1) is 16.5. The second-order valence-corrected chi connectivity index (χ2v) is 8.49. The minimum absolute atomic E-state index is 0.00976. The lowest BCUT2D eigenvalue weighted by Crippen LogP contribution is -2.02. The zero-order valence-corrected chi connectivity index (χ0v) is 14.5. The predicted molar refractivity (Wildman–Crippen MR) is 93.5 cm³/mol. The number of benzene rings is 2. The van der Waals surface area contributed by atoms with Gasteiger partial charge < -0.3 is 0 Å². The first-order valence-electron chi connectivity index (χ1n) is 6.67. The van der Waals surface area contributed by atoms with E-state index in [2.05, 4.69) is 4.40 Å². The lowest BCUT2D eigenvalue weighted by Gasteiger charge is -1.96. The van der Waals surface area contributed by atoms with Crippen LogP contribution in [-0.2, 0) is 10.0 Å². The SMILES string of the molecule is O=[N+]([O-])c1ccc(-c2cc(=NS(=O)(=O)c3ccccc3)ss2)cc1. The Kier molecular flexibility index (Phi) is 4.56. The van der Waals surface area contributed by atoms with E-state index in [1.807, 2.05) is 0 Å². The molecule has 0 spiro atoms. The molecule has 0 saturated heterocycles. The van der Waals surface area contributed by atoms with E-state index in [1.54, 1.807) is 36.4 Å². The van der Waals surface area contributed by atoms with Gasteiger partial charge in [-0.15, -0.1) is 4.40 Å². The molecule has 0 bridgehead atoms. The maximum atomic E-state index is 12.2. The molecule has 0 amide bonds. The summed E-state index contributed by atoms with van der Waals surface area (Å²) in [4.78, 5) is 11.2. The lowest BCUT2D eigenvalue weighted by atomic mass is 10.2. The van der Waals surface area contributed by atoms with Crippen molar-refractivity contribution in [1.29, 1.82) is 0 Å². The number of nitro groups is 1. The molecule has 1 aromatic heterocycles. The van der Waals surface area contributed by atoms with Gasteiger partial charge in [0, 0.05) is 17.0 Å². The van der Waals surface area contributed by atoms with Gasteiger partial charge in [-0.2, -0.15) is 8.42 Å². The van der Waals surface area contributed by atoms with Crippen molar-refractivity contribution in [2.24, 2.45) is 4.40 Å². The Balaban J connectivity index is 1.94. The Labute approximate surface area is 145 Å². The standard InChI is InChI=1S/C15H10N2O4S3/c18-17(19)12-8-6-11(7-9-12)14-10-15(23-22-14)16-24(20,21)13-4-2-1-3-5-13/h1-10H. The summed E-state index contributed by atoms with van der Waals surface area (Å²) in [6.07, 6.45) is 0. The average molecular weight is 378 g/mol. The van der Waals surface area contributed by atoms with Crippen molar-refractivity contribution < 1.29 is 13.3 Å². The maximum absolute atomic E-state index is 12.2. The molecule has 0 saturated carbocycles. The second kappa shape index (κ2) is 6.63. The monoisotopic (exact) mass is 378 g/mol. The van der Waals surface area contributed by atoms with Crippen molar-refractivity contribution in [3.8, 4) is 10.4 Å². The normalized spacial score (nSPS) is 12.2. The molecule has 24 heavy (non-hydrogen) atoms. The Morgan fingerprint density at radius 3 is 2.25 bits per heavy atom. The molecule has 2 aromatic carbocycles. The smallest absolute Gasteiger partial charge is 0.258 e. The van der Waals surface area contributed by atoms with Crippen molar-refractivity contribution in [3.63, 3.8) is 0 Å². The van der Waals surface area contributed by atoms with E-state index in [0.717, 1.165) is 10.4 Å². The van der Waals surface area contributed by atoms with Crippen molar-refractivity contribution in [3.05, 3.63) is 75.4 Å². The molecular formula is C15H10N2O4S3. The summed E-state index contributed by atoms with van der Waals surface area (Å²) in [5.74, 6) is 0. The van der Waals surface area contributed by atoms with E-state index in [0.29, 0.717) is 4.67 Å². The first-order valence-corrected chi connectivity index (χ1v) is 10.3. The minimum Gasteiger partial charge on any atom is -0.258 e. The molecule has 9 heteroatoms. The lowest BCUT2D eigenvalue weighted by molar-refractivity contribution is -0.384. The largest absolute Gasteiger partial charge is 0.283 e. The number of nitrogens with zero attached hydrogens (tertiary/aromatic N) is 2. The zero-order valence-electron chi connectivity index (χ0n) is 12.0. The third kappa shape index (κ3) is 3.58. The Morgan fingerprint density at radius 2 is 1.62 bits per heavy atom. The van der Waals surface area contributed by atoms with Gasteiger partial charge in [0.1, 0.15) is 4.67 Å². The Hall–Kier alpha value is -2.36. The van der Waals surface area contributed by atoms with Gasteiger partial charge in [0.15, 0.2) is 0 Å². The number of nitro benzene ring substituents is 1. The number of sulfonamides is 1. The molecule has 1 heterocycles. The summed E-state index contributed by atoms with van der Waals surface area (Å²) in [7, 11) is -1.14. The molecular weight excluding hydrogens is 368 g/mol. The fourth-order valence-corrected chi connectivity index (χ4v) is 5.43. The van der Waals surface area contributed by atoms with Crippen LogP contribution in [0.4, 0.5) is 5.69 Å². The molecule has 3 rings (SSSR count). The molecule has 6 nitrogen and oxygen atoms in total. The van der Waals surface area contributed by atoms with E-state index in [-0.39, 0.29) is 10.6 Å².